The number of nitrogens with zero attached hydrogens (tertiary/aromatic N) is 2. The molecule has 1 amide bonds. The summed E-state index contributed by atoms with van der Waals surface area (Å²) >= 11 is 1.04. The topological polar surface area (TPSA) is 74.9 Å². The molecule has 0 aliphatic heterocycles. The van der Waals surface area contributed by atoms with E-state index in [-0.39, 0.29) is 21.6 Å². The molecule has 0 atom stereocenters. The van der Waals surface area contributed by atoms with Crippen LogP contribution in [0.1, 0.15) is 16.7 Å². The van der Waals surface area contributed by atoms with Crippen molar-refractivity contribution in [1.29, 1.82) is 5.26 Å². The quantitative estimate of drug-likeness (QED) is 0.494. The highest BCUT2D eigenvalue weighted by molar-refractivity contribution is 7.07. The molecule has 0 fully saturated rings. The Morgan fingerprint density at radius 3 is 2.38 bits per heavy atom. The fraction of sp³-hybridized carbons (Fsp3) is 0.0741. The van der Waals surface area contributed by atoms with Crippen LogP contribution in [-0.4, -0.2) is 10.5 Å². The Balaban J connectivity index is 1.93. The molecule has 34 heavy (non-hydrogen) atoms. The summed E-state index contributed by atoms with van der Waals surface area (Å²) in [5.74, 6) is -0.987. The van der Waals surface area contributed by atoms with Crippen LogP contribution in [0.3, 0.4) is 0 Å². The molecular weight excluding hydrogens is 449 g/mol. The van der Waals surface area contributed by atoms with Crippen LogP contribution < -0.4 is 20.1 Å². The maximum absolute atomic E-state index is 13.4. The number of thiazole rings is 1. The molecule has 4 rings (SSSR count). The van der Waals surface area contributed by atoms with Crippen molar-refractivity contribution in [2.45, 2.75) is 13.8 Å². The lowest BCUT2D eigenvalue weighted by Gasteiger charge is -2.07. The van der Waals surface area contributed by atoms with Crippen molar-refractivity contribution >= 4 is 34.6 Å². The van der Waals surface area contributed by atoms with Gasteiger partial charge in [0.05, 0.1) is 10.2 Å². The van der Waals surface area contributed by atoms with Gasteiger partial charge >= 0.3 is 0 Å². The predicted octanol–water partition coefficient (Wildman–Crippen LogP) is 3.80. The van der Waals surface area contributed by atoms with Crippen LogP contribution in [0, 0.1) is 31.0 Å². The SMILES string of the molecule is Cc1ccc(NC(=O)/C(C#N)=c2\s/c(=C/c3ccc(F)cc3)c(=O)n2-c2ccccc2)cc1C. The van der Waals surface area contributed by atoms with Gasteiger partial charge in [-0.05, 0) is 73.0 Å². The van der Waals surface area contributed by atoms with Crippen LogP contribution in [0.15, 0.2) is 77.6 Å². The summed E-state index contributed by atoms with van der Waals surface area (Å²) < 4.78 is 15.2. The maximum Gasteiger partial charge on any atom is 0.273 e. The van der Waals surface area contributed by atoms with Gasteiger partial charge in [-0.2, -0.15) is 5.26 Å². The van der Waals surface area contributed by atoms with Crippen LogP contribution in [0.5, 0.6) is 0 Å². The first-order valence-corrected chi connectivity index (χ1v) is 11.3. The Labute approximate surface area is 199 Å². The van der Waals surface area contributed by atoms with E-state index in [1.165, 1.54) is 16.7 Å². The van der Waals surface area contributed by atoms with Crippen molar-refractivity contribution < 1.29 is 9.18 Å². The molecule has 4 aromatic rings. The number of halogens is 1. The van der Waals surface area contributed by atoms with E-state index < -0.39 is 5.91 Å². The van der Waals surface area contributed by atoms with Crippen LogP contribution in [0.4, 0.5) is 10.1 Å². The lowest BCUT2D eigenvalue weighted by atomic mass is 10.1. The van der Waals surface area contributed by atoms with Crippen molar-refractivity contribution in [3.8, 4) is 11.8 Å². The van der Waals surface area contributed by atoms with Gasteiger partial charge in [0.1, 0.15) is 16.5 Å². The third kappa shape index (κ3) is 4.72. The fourth-order valence-electron chi connectivity index (χ4n) is 3.38. The molecule has 5 nitrogen and oxygen atoms in total. The molecule has 0 radical (unpaired) electrons. The van der Waals surface area contributed by atoms with Gasteiger partial charge in [-0.15, -0.1) is 11.3 Å². The summed E-state index contributed by atoms with van der Waals surface area (Å²) in [6.07, 6.45) is 1.62. The average Bonchev–Trinajstić information content (AvgIpc) is 3.14. The van der Waals surface area contributed by atoms with Gasteiger partial charge in [0.15, 0.2) is 5.57 Å². The molecule has 1 aromatic heterocycles. The number of anilines is 1. The highest BCUT2D eigenvalue weighted by Gasteiger charge is 2.17. The molecule has 1 N–H and O–H groups in total. The highest BCUT2D eigenvalue weighted by atomic mass is 32.1. The Morgan fingerprint density at radius 1 is 1.03 bits per heavy atom. The molecule has 0 saturated heterocycles. The van der Waals surface area contributed by atoms with E-state index in [1.54, 1.807) is 48.5 Å². The highest BCUT2D eigenvalue weighted by Crippen LogP contribution is 2.15. The predicted molar refractivity (Wildman–Crippen MR) is 133 cm³/mol. The van der Waals surface area contributed by atoms with Crippen LogP contribution in [-0.2, 0) is 4.79 Å². The largest absolute Gasteiger partial charge is 0.321 e. The molecule has 0 unspecified atom stereocenters. The summed E-state index contributed by atoms with van der Waals surface area (Å²) in [5.41, 5.74) is 3.26. The summed E-state index contributed by atoms with van der Waals surface area (Å²) in [7, 11) is 0. The van der Waals surface area contributed by atoms with Crippen LogP contribution in [0.25, 0.3) is 17.3 Å². The number of rotatable bonds is 4. The second kappa shape index (κ2) is 9.69. The number of aromatic nitrogens is 1. The first-order valence-electron chi connectivity index (χ1n) is 10.4. The molecule has 0 aliphatic rings. The third-order valence-corrected chi connectivity index (χ3v) is 6.42. The summed E-state index contributed by atoms with van der Waals surface area (Å²) in [6, 6.07) is 22.0. The first kappa shape index (κ1) is 22.9. The van der Waals surface area contributed by atoms with Crippen molar-refractivity contribution in [1.82, 2.24) is 4.57 Å². The van der Waals surface area contributed by atoms with E-state index in [4.69, 9.17) is 0 Å². The van der Waals surface area contributed by atoms with Crippen molar-refractivity contribution in [3.05, 3.63) is 115 Å². The normalized spacial score (nSPS) is 12.2. The Kier molecular flexibility index (Phi) is 6.53. The smallest absolute Gasteiger partial charge is 0.273 e. The minimum atomic E-state index is -0.606. The zero-order chi connectivity index (χ0) is 24.2. The minimum Gasteiger partial charge on any atom is -0.321 e. The standard InChI is InChI=1S/C27H20FN3O2S/c1-17-8-13-21(14-18(17)2)30-25(32)23(16-29)27-31(22-6-4-3-5-7-22)26(33)24(34-27)15-19-9-11-20(28)12-10-19/h3-15H,1-2H3,(H,30,32)/b24-15+,27-23-. The number of nitrogens with one attached hydrogen (secondary N) is 1. The average molecular weight is 470 g/mol. The van der Waals surface area contributed by atoms with Gasteiger partial charge < -0.3 is 5.32 Å². The van der Waals surface area contributed by atoms with Gasteiger partial charge in [-0.25, -0.2) is 4.39 Å². The molecule has 0 bridgehead atoms. The number of carbonyl (C=O) groups is 1. The number of benzene rings is 3. The van der Waals surface area contributed by atoms with E-state index in [1.807, 2.05) is 38.1 Å². The van der Waals surface area contributed by atoms with Crippen molar-refractivity contribution in [3.63, 3.8) is 0 Å². The van der Waals surface area contributed by atoms with Gasteiger partial charge in [0.25, 0.3) is 11.5 Å². The second-order valence-corrected chi connectivity index (χ2v) is 8.71. The monoisotopic (exact) mass is 469 g/mol. The molecule has 0 aliphatic carbocycles. The van der Waals surface area contributed by atoms with E-state index >= 15 is 0 Å². The number of hydrogen-bond acceptors (Lipinski definition) is 4. The minimum absolute atomic E-state index is 0.178. The molecule has 0 saturated carbocycles. The van der Waals surface area contributed by atoms with Gasteiger partial charge in [0, 0.05) is 5.69 Å². The summed E-state index contributed by atoms with van der Waals surface area (Å²) in [6.45, 7) is 3.90. The van der Waals surface area contributed by atoms with E-state index in [0.717, 1.165) is 22.5 Å². The third-order valence-electron chi connectivity index (χ3n) is 5.32. The lowest BCUT2D eigenvalue weighted by Crippen LogP contribution is -2.32. The zero-order valence-corrected chi connectivity index (χ0v) is 19.3. The van der Waals surface area contributed by atoms with Crippen molar-refractivity contribution in [2.24, 2.45) is 0 Å². The van der Waals surface area contributed by atoms with Gasteiger partial charge in [-0.3, -0.25) is 14.2 Å². The van der Waals surface area contributed by atoms with E-state index in [9.17, 15) is 19.2 Å². The Morgan fingerprint density at radius 2 is 1.74 bits per heavy atom. The molecule has 3 aromatic carbocycles. The molecular formula is C27H20FN3O2S. The lowest BCUT2D eigenvalue weighted by molar-refractivity contribution is -0.111. The fourth-order valence-corrected chi connectivity index (χ4v) is 4.48. The van der Waals surface area contributed by atoms with E-state index in [0.29, 0.717) is 21.5 Å². The molecule has 168 valence electrons. The van der Waals surface area contributed by atoms with Gasteiger partial charge in [-0.1, -0.05) is 36.4 Å². The van der Waals surface area contributed by atoms with Crippen LogP contribution in [0.2, 0.25) is 0 Å². The van der Waals surface area contributed by atoms with Crippen molar-refractivity contribution in [2.75, 3.05) is 5.32 Å². The number of amides is 1. The summed E-state index contributed by atoms with van der Waals surface area (Å²) in [5, 5.41) is 12.7. The number of para-hydroxylation sites is 1. The molecule has 0 spiro atoms. The zero-order valence-electron chi connectivity index (χ0n) is 18.5. The maximum atomic E-state index is 13.4. The first-order chi connectivity index (χ1) is 16.4. The van der Waals surface area contributed by atoms with Crippen LogP contribution >= 0.6 is 11.3 Å². The number of carbonyl (C=O) groups excluding carboxylic acids is 1. The Hall–Kier alpha value is -4.28. The molecule has 1 heterocycles. The molecule has 7 heteroatoms. The van der Waals surface area contributed by atoms with E-state index in [2.05, 4.69) is 5.32 Å². The summed E-state index contributed by atoms with van der Waals surface area (Å²) in [4.78, 5) is 26.5. The number of nitriles is 1. The second-order valence-electron chi connectivity index (χ2n) is 7.68. The number of hydrogen-bond donors (Lipinski definition) is 1. The van der Waals surface area contributed by atoms with Gasteiger partial charge in [0.2, 0.25) is 0 Å². The number of aryl methyl sites for hydroxylation is 2. The Bertz CT molecular complexity index is 1600.